The molecule has 20 heavy (non-hydrogen) atoms. The van der Waals surface area contributed by atoms with Crippen LogP contribution in [-0.4, -0.2) is 24.7 Å². The predicted octanol–water partition coefficient (Wildman–Crippen LogP) is 2.78. The summed E-state index contributed by atoms with van der Waals surface area (Å²) in [5.41, 5.74) is 4.02. The van der Waals surface area contributed by atoms with Crippen LogP contribution >= 0.6 is 0 Å². The van der Waals surface area contributed by atoms with E-state index < -0.39 is 0 Å². The SMILES string of the molecule is COc1cccc(-c2nc(C)cc3c2C(=O)OCC3)c1. The van der Waals surface area contributed by atoms with E-state index >= 15 is 0 Å². The third-order valence-electron chi connectivity index (χ3n) is 3.38. The number of carbonyl (C=O) groups is 1. The molecular formula is C16H15NO3. The molecule has 0 saturated carbocycles. The van der Waals surface area contributed by atoms with Crippen molar-refractivity contribution in [3.05, 3.63) is 47.2 Å². The molecule has 0 radical (unpaired) electrons. The molecule has 0 bridgehead atoms. The number of cyclic esters (lactones) is 1. The summed E-state index contributed by atoms with van der Waals surface area (Å²) >= 11 is 0. The Bertz CT molecular complexity index is 679. The quantitative estimate of drug-likeness (QED) is 0.787. The Hall–Kier alpha value is -2.36. The van der Waals surface area contributed by atoms with E-state index in [1.54, 1.807) is 7.11 Å². The lowest BCUT2D eigenvalue weighted by atomic mass is 9.96. The fourth-order valence-corrected chi connectivity index (χ4v) is 2.47. The molecule has 1 aromatic heterocycles. The van der Waals surface area contributed by atoms with Crippen molar-refractivity contribution in [2.24, 2.45) is 0 Å². The van der Waals surface area contributed by atoms with Gasteiger partial charge in [-0.05, 0) is 30.7 Å². The van der Waals surface area contributed by atoms with Crippen LogP contribution < -0.4 is 4.74 Å². The summed E-state index contributed by atoms with van der Waals surface area (Å²) in [6.45, 7) is 2.37. The summed E-state index contributed by atoms with van der Waals surface area (Å²) in [4.78, 5) is 16.6. The molecule has 2 heterocycles. The first-order valence-corrected chi connectivity index (χ1v) is 6.51. The van der Waals surface area contributed by atoms with Gasteiger partial charge in [-0.2, -0.15) is 0 Å². The van der Waals surface area contributed by atoms with Crippen LogP contribution in [0, 0.1) is 6.92 Å². The van der Waals surface area contributed by atoms with Gasteiger partial charge in [0.25, 0.3) is 0 Å². The number of nitrogens with zero attached hydrogens (tertiary/aromatic N) is 1. The van der Waals surface area contributed by atoms with Crippen molar-refractivity contribution in [1.82, 2.24) is 4.98 Å². The normalized spacial score (nSPS) is 13.6. The first-order valence-electron chi connectivity index (χ1n) is 6.51. The predicted molar refractivity (Wildman–Crippen MR) is 74.9 cm³/mol. The van der Waals surface area contributed by atoms with Gasteiger partial charge >= 0.3 is 5.97 Å². The first-order chi connectivity index (χ1) is 9.69. The Balaban J connectivity index is 2.22. The van der Waals surface area contributed by atoms with Crippen LogP contribution in [0.3, 0.4) is 0 Å². The molecule has 1 aliphatic heterocycles. The molecule has 3 rings (SSSR count). The third kappa shape index (κ3) is 2.13. The summed E-state index contributed by atoms with van der Waals surface area (Å²) in [7, 11) is 1.62. The van der Waals surface area contributed by atoms with Crippen molar-refractivity contribution >= 4 is 5.97 Å². The highest BCUT2D eigenvalue weighted by Gasteiger charge is 2.24. The molecule has 0 aliphatic carbocycles. The Labute approximate surface area is 117 Å². The lowest BCUT2D eigenvalue weighted by molar-refractivity contribution is 0.0481. The number of carbonyl (C=O) groups excluding carboxylic acids is 1. The second-order valence-electron chi connectivity index (χ2n) is 4.76. The average Bonchev–Trinajstić information content (AvgIpc) is 2.46. The second-order valence-corrected chi connectivity index (χ2v) is 4.76. The molecule has 1 aromatic carbocycles. The van der Waals surface area contributed by atoms with Gasteiger partial charge in [-0.15, -0.1) is 0 Å². The topological polar surface area (TPSA) is 48.4 Å². The highest BCUT2D eigenvalue weighted by molar-refractivity contribution is 5.98. The van der Waals surface area contributed by atoms with E-state index in [4.69, 9.17) is 9.47 Å². The number of esters is 1. The van der Waals surface area contributed by atoms with Gasteiger partial charge in [0.05, 0.1) is 25.0 Å². The van der Waals surface area contributed by atoms with Crippen LogP contribution in [0.5, 0.6) is 5.75 Å². The maximum Gasteiger partial charge on any atom is 0.340 e. The van der Waals surface area contributed by atoms with Crippen molar-refractivity contribution in [1.29, 1.82) is 0 Å². The standard InChI is InChI=1S/C16H15NO3/c1-10-8-11-6-7-20-16(18)14(11)15(17-10)12-4-3-5-13(9-12)19-2/h3-5,8-9H,6-7H2,1-2H3. The van der Waals surface area contributed by atoms with Gasteiger partial charge in [0.15, 0.2) is 0 Å². The first kappa shape index (κ1) is 12.7. The van der Waals surface area contributed by atoms with E-state index in [1.807, 2.05) is 37.3 Å². The molecule has 1 aliphatic rings. The Kier molecular flexibility index (Phi) is 3.14. The summed E-state index contributed by atoms with van der Waals surface area (Å²) < 4.78 is 10.4. The zero-order valence-corrected chi connectivity index (χ0v) is 11.5. The molecule has 102 valence electrons. The molecule has 0 amide bonds. The lowest BCUT2D eigenvalue weighted by Gasteiger charge is -2.19. The number of aryl methyl sites for hydroxylation is 1. The van der Waals surface area contributed by atoms with Crippen molar-refractivity contribution in [3.8, 4) is 17.0 Å². The van der Waals surface area contributed by atoms with Crippen molar-refractivity contribution in [2.45, 2.75) is 13.3 Å². The monoisotopic (exact) mass is 269 g/mol. The molecule has 0 unspecified atom stereocenters. The van der Waals surface area contributed by atoms with Gasteiger partial charge in [0.1, 0.15) is 5.75 Å². The number of benzene rings is 1. The summed E-state index contributed by atoms with van der Waals surface area (Å²) in [5.74, 6) is 0.445. The third-order valence-corrected chi connectivity index (χ3v) is 3.38. The molecule has 0 spiro atoms. The van der Waals surface area contributed by atoms with Crippen molar-refractivity contribution in [2.75, 3.05) is 13.7 Å². The zero-order valence-electron chi connectivity index (χ0n) is 11.5. The van der Waals surface area contributed by atoms with Gasteiger partial charge in [-0.1, -0.05) is 12.1 Å². The van der Waals surface area contributed by atoms with Gasteiger partial charge < -0.3 is 9.47 Å². The van der Waals surface area contributed by atoms with E-state index in [-0.39, 0.29) is 5.97 Å². The molecule has 0 atom stereocenters. The van der Waals surface area contributed by atoms with E-state index in [1.165, 1.54) is 0 Å². The summed E-state index contributed by atoms with van der Waals surface area (Å²) in [6.07, 6.45) is 0.738. The molecule has 2 aromatic rings. The highest BCUT2D eigenvalue weighted by atomic mass is 16.5. The highest BCUT2D eigenvalue weighted by Crippen LogP contribution is 2.30. The van der Waals surface area contributed by atoms with E-state index in [0.717, 1.165) is 29.0 Å². The largest absolute Gasteiger partial charge is 0.497 e. The van der Waals surface area contributed by atoms with Gasteiger partial charge in [0, 0.05) is 17.7 Å². The fourth-order valence-electron chi connectivity index (χ4n) is 2.47. The molecular weight excluding hydrogens is 254 g/mol. The molecule has 0 N–H and O–H groups in total. The number of hydrogen-bond acceptors (Lipinski definition) is 4. The van der Waals surface area contributed by atoms with Gasteiger partial charge in [-0.25, -0.2) is 4.79 Å². The Morgan fingerprint density at radius 3 is 2.95 bits per heavy atom. The van der Waals surface area contributed by atoms with Gasteiger partial charge in [0.2, 0.25) is 0 Å². The van der Waals surface area contributed by atoms with Gasteiger partial charge in [-0.3, -0.25) is 4.98 Å². The lowest BCUT2D eigenvalue weighted by Crippen LogP contribution is -2.20. The van der Waals surface area contributed by atoms with Crippen molar-refractivity contribution in [3.63, 3.8) is 0 Å². The molecule has 4 nitrogen and oxygen atoms in total. The van der Waals surface area contributed by atoms with Crippen LogP contribution in [-0.2, 0) is 11.2 Å². The number of methoxy groups -OCH3 is 1. The number of aromatic nitrogens is 1. The van der Waals surface area contributed by atoms with Crippen LogP contribution in [0.25, 0.3) is 11.3 Å². The number of fused-ring (bicyclic) bond motifs is 1. The van der Waals surface area contributed by atoms with Crippen LogP contribution in [0.4, 0.5) is 0 Å². The van der Waals surface area contributed by atoms with E-state index in [0.29, 0.717) is 17.9 Å². The molecule has 0 saturated heterocycles. The van der Waals surface area contributed by atoms with Crippen LogP contribution in [0.1, 0.15) is 21.6 Å². The minimum absolute atomic E-state index is 0.295. The fraction of sp³-hybridized carbons (Fsp3) is 0.250. The smallest absolute Gasteiger partial charge is 0.340 e. The maximum atomic E-state index is 12.1. The van der Waals surface area contributed by atoms with Crippen LogP contribution in [0.2, 0.25) is 0 Å². The Morgan fingerprint density at radius 1 is 1.30 bits per heavy atom. The molecule has 4 heteroatoms. The second kappa shape index (κ2) is 4.96. The number of rotatable bonds is 2. The summed E-state index contributed by atoms with van der Waals surface area (Å²) in [5, 5.41) is 0. The number of ether oxygens (including phenoxy) is 2. The number of hydrogen-bond donors (Lipinski definition) is 0. The minimum Gasteiger partial charge on any atom is -0.497 e. The minimum atomic E-state index is -0.295. The Morgan fingerprint density at radius 2 is 2.15 bits per heavy atom. The van der Waals surface area contributed by atoms with E-state index in [9.17, 15) is 4.79 Å². The van der Waals surface area contributed by atoms with E-state index in [2.05, 4.69) is 4.98 Å². The molecule has 0 fully saturated rings. The average molecular weight is 269 g/mol. The number of pyridine rings is 1. The van der Waals surface area contributed by atoms with Crippen LogP contribution in [0.15, 0.2) is 30.3 Å². The maximum absolute atomic E-state index is 12.1. The van der Waals surface area contributed by atoms with Crippen molar-refractivity contribution < 1.29 is 14.3 Å². The summed E-state index contributed by atoms with van der Waals surface area (Å²) in [6, 6.07) is 9.51. The zero-order chi connectivity index (χ0) is 14.1.